The van der Waals surface area contributed by atoms with Gasteiger partial charge in [-0.15, -0.1) is 5.10 Å². The number of carbonyl (C=O) groups is 1. The molecule has 0 radical (unpaired) electrons. The minimum absolute atomic E-state index is 0.274. The van der Waals surface area contributed by atoms with E-state index >= 15 is 0 Å². The van der Waals surface area contributed by atoms with Crippen molar-refractivity contribution in [1.82, 2.24) is 29.3 Å². The lowest BCUT2D eigenvalue weighted by molar-refractivity contribution is 0.102. The van der Waals surface area contributed by atoms with E-state index in [1.165, 1.54) is 0 Å². The zero-order chi connectivity index (χ0) is 15.7. The standard InChI is InChI=1S/C14H17N7O/c1-4-20-7-15-12-11(20)6-10(9(3)17-12)13(22)18-14-16-8-21(5-2)19-14/h6-8H,4-5H2,1-3H3,(H,18,19,22). The number of nitrogens with zero attached hydrogens (tertiary/aromatic N) is 6. The number of hydrogen-bond acceptors (Lipinski definition) is 5. The molecule has 3 aromatic heterocycles. The maximum Gasteiger partial charge on any atom is 0.259 e. The topological polar surface area (TPSA) is 90.5 Å². The van der Waals surface area contributed by atoms with Crippen LogP contribution in [0.4, 0.5) is 5.95 Å². The third-order valence-electron chi connectivity index (χ3n) is 3.47. The average molecular weight is 299 g/mol. The molecule has 0 fully saturated rings. The van der Waals surface area contributed by atoms with Crippen molar-refractivity contribution in [3.63, 3.8) is 0 Å². The number of hydrogen-bond donors (Lipinski definition) is 1. The molecule has 3 heterocycles. The third kappa shape index (κ3) is 2.43. The number of rotatable bonds is 4. The first-order chi connectivity index (χ1) is 10.6. The normalized spacial score (nSPS) is 11.0. The summed E-state index contributed by atoms with van der Waals surface area (Å²) in [6.07, 6.45) is 3.30. The van der Waals surface area contributed by atoms with Crippen LogP contribution in [0.3, 0.4) is 0 Å². The summed E-state index contributed by atoms with van der Waals surface area (Å²) < 4.78 is 3.60. The Hall–Kier alpha value is -2.77. The fourth-order valence-electron chi connectivity index (χ4n) is 2.23. The monoisotopic (exact) mass is 299 g/mol. The van der Waals surface area contributed by atoms with Crippen molar-refractivity contribution in [2.45, 2.75) is 33.9 Å². The van der Waals surface area contributed by atoms with Crippen LogP contribution in [0, 0.1) is 6.92 Å². The van der Waals surface area contributed by atoms with Crippen LogP contribution < -0.4 is 5.32 Å². The molecule has 0 atom stereocenters. The number of aromatic nitrogens is 6. The molecular weight excluding hydrogens is 282 g/mol. The Labute approximate surface area is 127 Å². The lowest BCUT2D eigenvalue weighted by atomic mass is 10.2. The molecule has 0 unspecified atom stereocenters. The summed E-state index contributed by atoms with van der Waals surface area (Å²) in [5, 5.41) is 6.84. The number of anilines is 1. The highest BCUT2D eigenvalue weighted by Crippen LogP contribution is 2.16. The quantitative estimate of drug-likeness (QED) is 0.790. The van der Waals surface area contributed by atoms with Crippen LogP contribution in [0.15, 0.2) is 18.7 Å². The van der Waals surface area contributed by atoms with E-state index in [0.29, 0.717) is 23.4 Å². The number of pyridine rings is 1. The summed E-state index contributed by atoms with van der Waals surface area (Å²) in [6, 6.07) is 1.81. The van der Waals surface area contributed by atoms with Crippen molar-refractivity contribution in [3.8, 4) is 0 Å². The summed E-state index contributed by atoms with van der Waals surface area (Å²) in [4.78, 5) is 25.1. The Morgan fingerprint density at radius 2 is 2.05 bits per heavy atom. The van der Waals surface area contributed by atoms with E-state index in [1.54, 1.807) is 30.3 Å². The van der Waals surface area contributed by atoms with E-state index in [9.17, 15) is 4.79 Å². The zero-order valence-corrected chi connectivity index (χ0v) is 12.7. The molecule has 0 aliphatic carbocycles. The first-order valence-electron chi connectivity index (χ1n) is 7.15. The molecular formula is C14H17N7O. The van der Waals surface area contributed by atoms with Gasteiger partial charge < -0.3 is 4.57 Å². The highest BCUT2D eigenvalue weighted by atomic mass is 16.1. The molecule has 0 spiro atoms. The minimum Gasteiger partial charge on any atom is -0.329 e. The Kier molecular flexibility index (Phi) is 3.58. The first-order valence-corrected chi connectivity index (χ1v) is 7.15. The van der Waals surface area contributed by atoms with Crippen molar-refractivity contribution in [3.05, 3.63) is 30.0 Å². The second-order valence-electron chi connectivity index (χ2n) is 4.87. The van der Waals surface area contributed by atoms with E-state index in [-0.39, 0.29) is 11.9 Å². The number of amides is 1. The Balaban J connectivity index is 1.93. The SMILES string of the molecule is CCn1cnc(NC(=O)c2cc3c(ncn3CC)nc2C)n1. The molecule has 114 valence electrons. The second kappa shape index (κ2) is 5.55. The van der Waals surface area contributed by atoms with Gasteiger partial charge in [-0.2, -0.15) is 0 Å². The molecule has 3 rings (SSSR count). The van der Waals surface area contributed by atoms with E-state index in [1.807, 2.05) is 18.4 Å². The fourth-order valence-corrected chi connectivity index (χ4v) is 2.23. The van der Waals surface area contributed by atoms with Gasteiger partial charge in [-0.3, -0.25) is 14.8 Å². The van der Waals surface area contributed by atoms with Crippen molar-refractivity contribution in [2.75, 3.05) is 5.32 Å². The van der Waals surface area contributed by atoms with E-state index in [0.717, 1.165) is 12.1 Å². The van der Waals surface area contributed by atoms with Crippen molar-refractivity contribution >= 4 is 23.0 Å². The molecule has 3 aromatic rings. The van der Waals surface area contributed by atoms with Gasteiger partial charge in [0.25, 0.3) is 5.91 Å². The van der Waals surface area contributed by atoms with E-state index in [2.05, 4.69) is 25.4 Å². The zero-order valence-electron chi connectivity index (χ0n) is 12.7. The molecule has 0 saturated heterocycles. The van der Waals surface area contributed by atoms with Crippen LogP contribution in [0.5, 0.6) is 0 Å². The van der Waals surface area contributed by atoms with Gasteiger partial charge in [-0.25, -0.2) is 15.0 Å². The molecule has 0 saturated carbocycles. The van der Waals surface area contributed by atoms with Gasteiger partial charge in [0.05, 0.1) is 23.1 Å². The highest BCUT2D eigenvalue weighted by molar-refractivity contribution is 6.05. The first kappa shape index (κ1) is 14.2. The summed E-state index contributed by atoms with van der Waals surface area (Å²) >= 11 is 0. The van der Waals surface area contributed by atoms with Crippen LogP contribution in [0.25, 0.3) is 11.2 Å². The van der Waals surface area contributed by atoms with Crippen molar-refractivity contribution in [2.24, 2.45) is 0 Å². The largest absolute Gasteiger partial charge is 0.329 e. The molecule has 1 N–H and O–H groups in total. The summed E-state index contributed by atoms with van der Waals surface area (Å²) in [5.41, 5.74) is 2.60. The molecule has 0 bridgehead atoms. The molecule has 8 heteroatoms. The fraction of sp³-hybridized carbons (Fsp3) is 0.357. The van der Waals surface area contributed by atoms with Crippen LogP contribution in [-0.4, -0.2) is 35.2 Å². The molecule has 8 nitrogen and oxygen atoms in total. The van der Waals surface area contributed by atoms with Crippen LogP contribution in [0.1, 0.15) is 29.9 Å². The predicted octanol–water partition coefficient (Wildman–Crippen LogP) is 1.62. The van der Waals surface area contributed by atoms with Gasteiger partial charge in [-0.1, -0.05) is 0 Å². The Morgan fingerprint density at radius 3 is 2.73 bits per heavy atom. The predicted molar refractivity (Wildman–Crippen MR) is 81.6 cm³/mol. The van der Waals surface area contributed by atoms with Crippen molar-refractivity contribution in [1.29, 1.82) is 0 Å². The Bertz CT molecular complexity index is 833. The lowest BCUT2D eigenvalue weighted by Crippen LogP contribution is -2.15. The molecule has 0 aliphatic rings. The summed E-state index contributed by atoms with van der Waals surface area (Å²) in [6.45, 7) is 7.23. The van der Waals surface area contributed by atoms with Gasteiger partial charge in [0, 0.05) is 13.1 Å². The van der Waals surface area contributed by atoms with E-state index < -0.39 is 0 Å². The third-order valence-corrected chi connectivity index (χ3v) is 3.47. The minimum atomic E-state index is -0.274. The van der Waals surface area contributed by atoms with Crippen LogP contribution in [0.2, 0.25) is 0 Å². The molecule has 0 aliphatic heterocycles. The summed E-state index contributed by atoms with van der Waals surface area (Å²) in [5.74, 6) is 0.0138. The average Bonchev–Trinajstić information content (AvgIpc) is 3.12. The highest BCUT2D eigenvalue weighted by Gasteiger charge is 2.15. The van der Waals surface area contributed by atoms with Gasteiger partial charge in [-0.05, 0) is 26.8 Å². The number of fused-ring (bicyclic) bond motifs is 1. The lowest BCUT2D eigenvalue weighted by Gasteiger charge is -2.06. The number of carbonyl (C=O) groups excluding carboxylic acids is 1. The molecule has 0 aromatic carbocycles. The van der Waals surface area contributed by atoms with Gasteiger partial charge in [0.15, 0.2) is 5.65 Å². The van der Waals surface area contributed by atoms with Crippen LogP contribution in [-0.2, 0) is 13.1 Å². The Morgan fingerprint density at radius 1 is 1.23 bits per heavy atom. The van der Waals surface area contributed by atoms with Gasteiger partial charge in [0.2, 0.25) is 5.95 Å². The van der Waals surface area contributed by atoms with Gasteiger partial charge >= 0.3 is 0 Å². The van der Waals surface area contributed by atoms with Crippen molar-refractivity contribution < 1.29 is 4.79 Å². The summed E-state index contributed by atoms with van der Waals surface area (Å²) in [7, 11) is 0. The maximum absolute atomic E-state index is 12.4. The number of nitrogens with one attached hydrogen (secondary N) is 1. The maximum atomic E-state index is 12.4. The number of aryl methyl sites for hydroxylation is 3. The smallest absolute Gasteiger partial charge is 0.259 e. The second-order valence-corrected chi connectivity index (χ2v) is 4.87. The number of imidazole rings is 1. The van der Waals surface area contributed by atoms with Crippen LogP contribution >= 0.6 is 0 Å². The molecule has 22 heavy (non-hydrogen) atoms. The van der Waals surface area contributed by atoms with Gasteiger partial charge in [0.1, 0.15) is 6.33 Å². The van der Waals surface area contributed by atoms with E-state index in [4.69, 9.17) is 0 Å². The molecule has 1 amide bonds.